The molecule has 1 fully saturated rings. The number of aromatic amines is 1. The fourth-order valence-corrected chi connectivity index (χ4v) is 2.62. The summed E-state index contributed by atoms with van der Waals surface area (Å²) >= 11 is 3.24. The number of hydrogen-bond donors (Lipinski definition) is 2. The summed E-state index contributed by atoms with van der Waals surface area (Å²) in [5.41, 5.74) is -0.594. The van der Waals surface area contributed by atoms with Crippen molar-refractivity contribution < 1.29 is 9.84 Å². The van der Waals surface area contributed by atoms with E-state index in [1.54, 1.807) is 19.1 Å². The van der Waals surface area contributed by atoms with Gasteiger partial charge in [-0.05, 0) is 6.92 Å². The maximum Gasteiger partial charge on any atom is 0.330 e. The van der Waals surface area contributed by atoms with Crippen molar-refractivity contribution in [1.82, 2.24) is 9.55 Å². The summed E-state index contributed by atoms with van der Waals surface area (Å²) in [5.74, 6) is 0. The molecule has 1 aromatic rings. The van der Waals surface area contributed by atoms with Crippen LogP contribution < -0.4 is 11.2 Å². The Bertz CT molecular complexity index is 592. The highest BCUT2D eigenvalue weighted by atomic mass is 79.9. The Kier molecular flexibility index (Phi) is 4.38. The van der Waals surface area contributed by atoms with Gasteiger partial charge in [-0.2, -0.15) is 0 Å². The standard InChI is InChI=1S/C12H15BrN2O4/c1-2-3-7-6-15(12(18)14-11(7)17)10-4-8(16)9(5-13)19-10/h2-3,6,8-10,16H,4-5H2,1H3,(H,14,17,18)/b3-2+. The van der Waals surface area contributed by atoms with Crippen LogP contribution in [0, 0.1) is 0 Å². The number of allylic oxidation sites excluding steroid dienone is 1. The van der Waals surface area contributed by atoms with Crippen LogP contribution in [0.4, 0.5) is 0 Å². The molecule has 3 atom stereocenters. The summed E-state index contributed by atoms with van der Waals surface area (Å²) in [6, 6.07) is 0. The van der Waals surface area contributed by atoms with Gasteiger partial charge in [0.2, 0.25) is 0 Å². The van der Waals surface area contributed by atoms with Crippen LogP contribution in [0.5, 0.6) is 0 Å². The molecule has 104 valence electrons. The fourth-order valence-electron chi connectivity index (χ4n) is 2.04. The van der Waals surface area contributed by atoms with Crippen molar-refractivity contribution in [3.63, 3.8) is 0 Å². The Morgan fingerprint density at radius 3 is 2.95 bits per heavy atom. The number of aliphatic hydroxyl groups is 1. The minimum atomic E-state index is -0.631. The van der Waals surface area contributed by atoms with Crippen molar-refractivity contribution in [1.29, 1.82) is 0 Å². The zero-order valence-electron chi connectivity index (χ0n) is 10.4. The van der Waals surface area contributed by atoms with E-state index in [4.69, 9.17) is 4.74 Å². The number of aromatic nitrogens is 2. The fraction of sp³-hybridized carbons (Fsp3) is 0.500. The highest BCUT2D eigenvalue weighted by molar-refractivity contribution is 9.09. The van der Waals surface area contributed by atoms with Crippen LogP contribution in [0.2, 0.25) is 0 Å². The molecule has 1 aliphatic heterocycles. The lowest BCUT2D eigenvalue weighted by atomic mass is 10.2. The van der Waals surface area contributed by atoms with Crippen LogP contribution in [-0.4, -0.2) is 32.2 Å². The summed E-state index contributed by atoms with van der Waals surface area (Å²) in [5, 5.41) is 10.3. The lowest BCUT2D eigenvalue weighted by Gasteiger charge is -2.14. The number of aliphatic hydroxyl groups excluding tert-OH is 1. The number of rotatable bonds is 3. The molecule has 6 nitrogen and oxygen atoms in total. The van der Waals surface area contributed by atoms with Crippen LogP contribution in [-0.2, 0) is 4.74 Å². The zero-order chi connectivity index (χ0) is 14.0. The van der Waals surface area contributed by atoms with Gasteiger partial charge >= 0.3 is 5.69 Å². The first-order valence-electron chi connectivity index (χ1n) is 5.94. The molecular formula is C12H15BrN2O4. The monoisotopic (exact) mass is 330 g/mol. The molecule has 19 heavy (non-hydrogen) atoms. The molecule has 3 unspecified atom stereocenters. The van der Waals surface area contributed by atoms with Crippen molar-refractivity contribution in [3.8, 4) is 0 Å². The number of alkyl halides is 1. The van der Waals surface area contributed by atoms with Gasteiger partial charge in [0.1, 0.15) is 6.23 Å². The second-order valence-electron chi connectivity index (χ2n) is 4.34. The Hall–Kier alpha value is -1.18. The third-order valence-corrected chi connectivity index (χ3v) is 3.65. The Balaban J connectivity index is 2.38. The Morgan fingerprint density at radius 1 is 1.63 bits per heavy atom. The van der Waals surface area contributed by atoms with Crippen LogP contribution >= 0.6 is 15.9 Å². The quantitative estimate of drug-likeness (QED) is 0.795. The third-order valence-electron chi connectivity index (χ3n) is 3.01. The summed E-state index contributed by atoms with van der Waals surface area (Å²) in [4.78, 5) is 25.6. The van der Waals surface area contributed by atoms with Crippen molar-refractivity contribution in [3.05, 3.63) is 38.7 Å². The number of H-pyrrole nitrogens is 1. The summed E-state index contributed by atoms with van der Waals surface area (Å²) < 4.78 is 6.89. The minimum Gasteiger partial charge on any atom is -0.390 e. The van der Waals surface area contributed by atoms with Crippen LogP contribution in [0.3, 0.4) is 0 Å². The maximum absolute atomic E-state index is 11.8. The number of ether oxygens (including phenoxy) is 1. The van der Waals surface area contributed by atoms with E-state index in [9.17, 15) is 14.7 Å². The number of hydrogen-bond acceptors (Lipinski definition) is 4. The van der Waals surface area contributed by atoms with Crippen molar-refractivity contribution in [2.75, 3.05) is 5.33 Å². The van der Waals surface area contributed by atoms with Crippen molar-refractivity contribution >= 4 is 22.0 Å². The average Bonchev–Trinajstić information content (AvgIpc) is 2.74. The molecule has 2 rings (SSSR count). The molecule has 0 radical (unpaired) electrons. The molecule has 7 heteroatoms. The smallest absolute Gasteiger partial charge is 0.330 e. The molecular weight excluding hydrogens is 316 g/mol. The lowest BCUT2D eigenvalue weighted by molar-refractivity contribution is -0.00698. The molecule has 0 amide bonds. The van der Waals surface area contributed by atoms with E-state index in [1.807, 2.05) is 0 Å². The average molecular weight is 331 g/mol. The zero-order valence-corrected chi connectivity index (χ0v) is 12.0. The summed E-state index contributed by atoms with van der Waals surface area (Å²) in [6.45, 7) is 1.78. The maximum atomic E-state index is 11.8. The molecule has 0 spiro atoms. The van der Waals surface area contributed by atoms with Crippen LogP contribution in [0.1, 0.15) is 25.1 Å². The first kappa shape index (κ1) is 14.2. The third kappa shape index (κ3) is 2.88. The van der Waals surface area contributed by atoms with E-state index in [0.717, 1.165) is 0 Å². The first-order valence-corrected chi connectivity index (χ1v) is 7.06. The second-order valence-corrected chi connectivity index (χ2v) is 4.99. The minimum absolute atomic E-state index is 0.317. The molecule has 1 aromatic heterocycles. The molecule has 0 bridgehead atoms. The number of nitrogens with one attached hydrogen (secondary N) is 1. The number of halogens is 1. The molecule has 0 aliphatic carbocycles. The van der Waals surface area contributed by atoms with Crippen LogP contribution in [0.25, 0.3) is 6.08 Å². The van der Waals surface area contributed by atoms with Gasteiger partial charge in [-0.15, -0.1) is 0 Å². The van der Waals surface area contributed by atoms with E-state index < -0.39 is 23.6 Å². The largest absolute Gasteiger partial charge is 0.390 e. The topological polar surface area (TPSA) is 84.3 Å². The first-order chi connectivity index (χ1) is 9.06. The predicted molar refractivity (Wildman–Crippen MR) is 74.4 cm³/mol. The van der Waals surface area contributed by atoms with Crippen molar-refractivity contribution in [2.24, 2.45) is 0 Å². The van der Waals surface area contributed by atoms with E-state index >= 15 is 0 Å². The van der Waals surface area contributed by atoms with Gasteiger partial charge in [-0.1, -0.05) is 28.1 Å². The number of nitrogens with zero attached hydrogens (tertiary/aromatic N) is 1. The molecule has 2 N–H and O–H groups in total. The van der Waals surface area contributed by atoms with Crippen LogP contribution in [0.15, 0.2) is 21.9 Å². The van der Waals surface area contributed by atoms with Gasteiger partial charge in [0, 0.05) is 17.9 Å². The lowest BCUT2D eigenvalue weighted by Crippen LogP contribution is -2.33. The molecule has 0 aromatic carbocycles. The normalized spacial score (nSPS) is 27.2. The highest BCUT2D eigenvalue weighted by Gasteiger charge is 2.34. The van der Waals surface area contributed by atoms with E-state index in [0.29, 0.717) is 17.3 Å². The molecule has 0 saturated carbocycles. The Labute approximate surface area is 117 Å². The summed E-state index contributed by atoms with van der Waals surface area (Å²) in [6.07, 6.45) is 3.55. The highest BCUT2D eigenvalue weighted by Crippen LogP contribution is 2.28. The van der Waals surface area contributed by atoms with Gasteiger partial charge in [0.15, 0.2) is 0 Å². The van der Waals surface area contributed by atoms with Crippen molar-refractivity contribution in [2.45, 2.75) is 31.8 Å². The Morgan fingerprint density at radius 2 is 2.37 bits per heavy atom. The van der Waals surface area contributed by atoms with Gasteiger partial charge in [0.05, 0.1) is 17.8 Å². The molecule has 1 aliphatic rings. The van der Waals surface area contributed by atoms with Gasteiger partial charge in [0.25, 0.3) is 5.56 Å². The SMILES string of the molecule is C/C=C/c1cn(C2CC(O)C(CBr)O2)c(=O)[nH]c1=O. The molecule has 2 heterocycles. The van der Waals surface area contributed by atoms with E-state index in [2.05, 4.69) is 20.9 Å². The van der Waals surface area contributed by atoms with E-state index in [1.165, 1.54) is 10.8 Å². The molecule has 1 saturated heterocycles. The van der Waals surface area contributed by atoms with Gasteiger partial charge in [-0.25, -0.2) is 4.79 Å². The second kappa shape index (κ2) is 5.85. The van der Waals surface area contributed by atoms with Gasteiger partial charge < -0.3 is 9.84 Å². The van der Waals surface area contributed by atoms with E-state index in [-0.39, 0.29) is 6.10 Å². The predicted octanol–water partition coefficient (Wildman–Crippen LogP) is 0.613. The summed E-state index contributed by atoms with van der Waals surface area (Å²) in [7, 11) is 0. The van der Waals surface area contributed by atoms with Gasteiger partial charge in [-0.3, -0.25) is 14.3 Å².